The summed E-state index contributed by atoms with van der Waals surface area (Å²) in [5.41, 5.74) is 4.10. The van der Waals surface area contributed by atoms with E-state index >= 15 is 0 Å². The SMILES string of the molecule is Cc1ccc(CC(C(=O)O)C(C)NO)cc1. The van der Waals surface area contributed by atoms with E-state index in [1.807, 2.05) is 36.7 Å². The van der Waals surface area contributed by atoms with E-state index in [9.17, 15) is 4.79 Å². The van der Waals surface area contributed by atoms with Gasteiger partial charge in [0.05, 0.1) is 5.92 Å². The molecule has 0 aliphatic carbocycles. The molecule has 4 nitrogen and oxygen atoms in total. The smallest absolute Gasteiger partial charge is 0.308 e. The highest BCUT2D eigenvalue weighted by Gasteiger charge is 2.24. The minimum atomic E-state index is -0.908. The van der Waals surface area contributed by atoms with Crippen molar-refractivity contribution in [3.05, 3.63) is 35.4 Å². The Kier molecular flexibility index (Phi) is 4.46. The summed E-state index contributed by atoms with van der Waals surface area (Å²) < 4.78 is 0. The first-order chi connectivity index (χ1) is 7.54. The van der Waals surface area contributed by atoms with Gasteiger partial charge in [-0.3, -0.25) is 4.79 Å². The van der Waals surface area contributed by atoms with E-state index in [2.05, 4.69) is 0 Å². The van der Waals surface area contributed by atoms with Crippen molar-refractivity contribution in [3.8, 4) is 0 Å². The van der Waals surface area contributed by atoms with Crippen LogP contribution in [0, 0.1) is 12.8 Å². The topological polar surface area (TPSA) is 69.6 Å². The summed E-state index contributed by atoms with van der Waals surface area (Å²) >= 11 is 0. The van der Waals surface area contributed by atoms with Gasteiger partial charge in [0.15, 0.2) is 0 Å². The lowest BCUT2D eigenvalue weighted by molar-refractivity contribution is -0.143. The molecule has 0 radical (unpaired) electrons. The molecule has 1 rings (SSSR count). The summed E-state index contributed by atoms with van der Waals surface area (Å²) in [7, 11) is 0. The molecule has 2 unspecified atom stereocenters. The van der Waals surface area contributed by atoms with Crippen LogP contribution in [0.1, 0.15) is 18.1 Å². The standard InChI is InChI=1S/C12H17NO3/c1-8-3-5-10(6-4-8)7-11(12(14)15)9(2)13-16/h3-6,9,11,13,16H,7H2,1-2H3,(H,14,15). The predicted octanol–water partition coefficient (Wildman–Crippen LogP) is 1.61. The normalized spacial score (nSPS) is 14.4. The molecule has 3 N–H and O–H groups in total. The summed E-state index contributed by atoms with van der Waals surface area (Å²) in [6.07, 6.45) is 0.407. The number of hydrogen-bond acceptors (Lipinski definition) is 3. The number of aliphatic carboxylic acids is 1. The van der Waals surface area contributed by atoms with Gasteiger partial charge in [0.1, 0.15) is 0 Å². The summed E-state index contributed by atoms with van der Waals surface area (Å²) in [6.45, 7) is 3.63. The lowest BCUT2D eigenvalue weighted by Crippen LogP contribution is -2.37. The third kappa shape index (κ3) is 3.32. The van der Waals surface area contributed by atoms with Crippen molar-refractivity contribution in [2.24, 2.45) is 5.92 Å². The molecule has 0 heterocycles. The fraction of sp³-hybridized carbons (Fsp3) is 0.417. The van der Waals surface area contributed by atoms with Crippen LogP contribution in [-0.2, 0) is 11.2 Å². The van der Waals surface area contributed by atoms with Crippen LogP contribution in [0.4, 0.5) is 0 Å². The van der Waals surface area contributed by atoms with E-state index in [0.717, 1.165) is 11.1 Å². The molecule has 16 heavy (non-hydrogen) atoms. The molecule has 88 valence electrons. The molecule has 0 saturated heterocycles. The molecule has 0 amide bonds. The van der Waals surface area contributed by atoms with Gasteiger partial charge in [-0.15, -0.1) is 0 Å². The molecule has 0 aliphatic rings. The van der Waals surface area contributed by atoms with Crippen molar-refractivity contribution in [3.63, 3.8) is 0 Å². The summed E-state index contributed by atoms with van der Waals surface area (Å²) in [5.74, 6) is -1.54. The summed E-state index contributed by atoms with van der Waals surface area (Å²) in [6, 6.07) is 7.25. The van der Waals surface area contributed by atoms with Crippen LogP contribution < -0.4 is 5.48 Å². The highest BCUT2D eigenvalue weighted by Crippen LogP contribution is 2.13. The van der Waals surface area contributed by atoms with Crippen molar-refractivity contribution in [1.29, 1.82) is 0 Å². The van der Waals surface area contributed by atoms with E-state index < -0.39 is 17.9 Å². The van der Waals surface area contributed by atoms with E-state index in [1.54, 1.807) is 6.92 Å². The minimum absolute atomic E-state index is 0.407. The van der Waals surface area contributed by atoms with Crippen molar-refractivity contribution in [2.45, 2.75) is 26.3 Å². The van der Waals surface area contributed by atoms with Gasteiger partial charge in [0.25, 0.3) is 0 Å². The number of benzene rings is 1. The summed E-state index contributed by atoms with van der Waals surface area (Å²) in [5, 5.41) is 17.8. The average molecular weight is 223 g/mol. The molecule has 1 aromatic rings. The Hall–Kier alpha value is -1.39. The Morgan fingerprint density at radius 3 is 2.38 bits per heavy atom. The van der Waals surface area contributed by atoms with Crippen LogP contribution in [0.3, 0.4) is 0 Å². The number of rotatable bonds is 5. The molecular formula is C12H17NO3. The van der Waals surface area contributed by atoms with Gasteiger partial charge in [0.2, 0.25) is 0 Å². The lowest BCUT2D eigenvalue weighted by atomic mass is 9.93. The van der Waals surface area contributed by atoms with Gasteiger partial charge in [-0.2, -0.15) is 0 Å². The number of aryl methyl sites for hydroxylation is 1. The second-order valence-corrected chi connectivity index (χ2v) is 4.05. The van der Waals surface area contributed by atoms with Gasteiger partial charge in [-0.1, -0.05) is 29.8 Å². The summed E-state index contributed by atoms with van der Waals surface area (Å²) in [4.78, 5) is 11.0. The van der Waals surface area contributed by atoms with Gasteiger partial charge in [0, 0.05) is 6.04 Å². The Labute approximate surface area is 94.9 Å². The van der Waals surface area contributed by atoms with Crippen LogP contribution >= 0.6 is 0 Å². The van der Waals surface area contributed by atoms with Gasteiger partial charge in [-0.05, 0) is 25.8 Å². The van der Waals surface area contributed by atoms with Crippen LogP contribution in [0.25, 0.3) is 0 Å². The first-order valence-electron chi connectivity index (χ1n) is 5.22. The number of carboxylic acids is 1. The fourth-order valence-corrected chi connectivity index (χ4v) is 1.55. The molecule has 0 saturated carbocycles. The molecule has 0 aromatic heterocycles. The minimum Gasteiger partial charge on any atom is -0.481 e. The van der Waals surface area contributed by atoms with Crippen molar-refractivity contribution in [1.82, 2.24) is 5.48 Å². The molecule has 0 spiro atoms. The molecular weight excluding hydrogens is 206 g/mol. The van der Waals surface area contributed by atoms with Crippen molar-refractivity contribution < 1.29 is 15.1 Å². The van der Waals surface area contributed by atoms with E-state index in [4.69, 9.17) is 10.3 Å². The average Bonchev–Trinajstić information content (AvgIpc) is 2.27. The highest BCUT2D eigenvalue weighted by atomic mass is 16.5. The van der Waals surface area contributed by atoms with Crippen LogP contribution in [-0.4, -0.2) is 22.3 Å². The quantitative estimate of drug-likeness (QED) is 0.663. The fourth-order valence-electron chi connectivity index (χ4n) is 1.55. The Morgan fingerprint density at radius 2 is 1.94 bits per heavy atom. The monoisotopic (exact) mass is 223 g/mol. The van der Waals surface area contributed by atoms with E-state index in [-0.39, 0.29) is 0 Å². The molecule has 0 fully saturated rings. The first kappa shape index (κ1) is 12.7. The van der Waals surface area contributed by atoms with Gasteiger partial charge >= 0.3 is 5.97 Å². The van der Waals surface area contributed by atoms with Gasteiger partial charge < -0.3 is 10.3 Å². The van der Waals surface area contributed by atoms with E-state index in [1.165, 1.54) is 0 Å². The maximum atomic E-state index is 11.0. The maximum absolute atomic E-state index is 11.0. The first-order valence-corrected chi connectivity index (χ1v) is 5.22. The second kappa shape index (κ2) is 5.63. The maximum Gasteiger partial charge on any atom is 0.308 e. The van der Waals surface area contributed by atoms with Crippen LogP contribution in [0.2, 0.25) is 0 Å². The third-order valence-electron chi connectivity index (χ3n) is 2.70. The van der Waals surface area contributed by atoms with Crippen molar-refractivity contribution >= 4 is 5.97 Å². The molecule has 0 aliphatic heterocycles. The number of hydrogen-bond donors (Lipinski definition) is 3. The second-order valence-electron chi connectivity index (χ2n) is 4.05. The predicted molar refractivity (Wildman–Crippen MR) is 60.4 cm³/mol. The Bertz CT molecular complexity index is 348. The highest BCUT2D eigenvalue weighted by molar-refractivity contribution is 5.71. The third-order valence-corrected chi connectivity index (χ3v) is 2.70. The molecule has 1 aromatic carbocycles. The Balaban J connectivity index is 2.75. The van der Waals surface area contributed by atoms with Crippen LogP contribution in [0.5, 0.6) is 0 Å². The van der Waals surface area contributed by atoms with E-state index in [0.29, 0.717) is 6.42 Å². The Morgan fingerprint density at radius 1 is 1.38 bits per heavy atom. The largest absolute Gasteiger partial charge is 0.481 e. The zero-order chi connectivity index (χ0) is 12.1. The van der Waals surface area contributed by atoms with Gasteiger partial charge in [-0.25, -0.2) is 5.48 Å². The lowest BCUT2D eigenvalue weighted by Gasteiger charge is -2.18. The molecule has 2 atom stereocenters. The number of hydroxylamine groups is 1. The molecule has 4 heteroatoms. The van der Waals surface area contributed by atoms with Crippen LogP contribution in [0.15, 0.2) is 24.3 Å². The zero-order valence-electron chi connectivity index (χ0n) is 9.47. The molecule has 0 bridgehead atoms. The number of nitrogens with one attached hydrogen (secondary N) is 1. The zero-order valence-corrected chi connectivity index (χ0v) is 9.47. The number of carboxylic acid groups (broad SMARTS) is 1. The number of carbonyl (C=O) groups is 1. The van der Waals surface area contributed by atoms with Crippen molar-refractivity contribution in [2.75, 3.05) is 0 Å².